The van der Waals surface area contributed by atoms with E-state index >= 15 is 0 Å². The van der Waals surface area contributed by atoms with E-state index in [9.17, 15) is 19.2 Å². The molecule has 2 atom stereocenters. The van der Waals surface area contributed by atoms with E-state index in [1.165, 1.54) is 24.2 Å². The molecule has 2 N–H and O–H groups in total. The number of hydrogen-bond acceptors (Lipinski definition) is 4. The van der Waals surface area contributed by atoms with E-state index in [0.717, 1.165) is 57.8 Å². The number of halogens is 1. The van der Waals surface area contributed by atoms with Gasteiger partial charge in [-0.1, -0.05) is 6.92 Å². The van der Waals surface area contributed by atoms with Crippen LogP contribution in [-0.2, 0) is 9.59 Å². The quantitative estimate of drug-likeness (QED) is 0.681. The summed E-state index contributed by atoms with van der Waals surface area (Å²) in [5.74, 6) is 0.0854. The molecular weight excluding hydrogens is 407 g/mol. The van der Waals surface area contributed by atoms with Crippen molar-refractivity contribution in [3.63, 3.8) is 0 Å². The van der Waals surface area contributed by atoms with Crippen LogP contribution in [0.1, 0.15) is 90.4 Å². The van der Waals surface area contributed by atoms with E-state index in [1.807, 2.05) is 0 Å². The molecule has 0 unspecified atom stereocenters. The molecule has 6 aliphatic carbocycles. The van der Waals surface area contributed by atoms with Gasteiger partial charge in [0.1, 0.15) is 12.2 Å². The van der Waals surface area contributed by atoms with E-state index in [-0.39, 0.29) is 47.8 Å². The summed E-state index contributed by atoms with van der Waals surface area (Å²) in [4.78, 5) is 27.5. The van der Waals surface area contributed by atoms with Crippen molar-refractivity contribution >= 4 is 11.8 Å². The lowest BCUT2D eigenvalue weighted by atomic mass is 9.55. The Labute approximate surface area is 190 Å². The Bertz CT molecular complexity index is 787. The maximum Gasteiger partial charge on any atom is 0.237 e. The van der Waals surface area contributed by atoms with Crippen molar-refractivity contribution in [3.05, 3.63) is 0 Å². The van der Waals surface area contributed by atoms with Gasteiger partial charge in [-0.05, 0) is 82.5 Å². The second kappa shape index (κ2) is 7.68. The summed E-state index contributed by atoms with van der Waals surface area (Å²) in [6, 6.07) is 1.40. The van der Waals surface area contributed by atoms with Gasteiger partial charge in [0.15, 0.2) is 0 Å². The fraction of sp³-hybridized carbons (Fsp3) is 0.880. The Morgan fingerprint density at radius 1 is 0.969 bits per heavy atom. The standard InChI is InChI=1S/C25H37FN4O2/c1-22-2-8-25(9-3-22,10-4-22)29-21(32)23-5-11-24(12-6-23,13-7-23)28-16-20(31)30-17-18(26)14-19(30)15-27/h18-19,28H,2-14,16-17H2,1H3,(H,29,32)/t18-,19-,22?,23?,24?,25?/m0/s1. The summed E-state index contributed by atoms with van der Waals surface area (Å²) in [5, 5.41) is 16.2. The van der Waals surface area contributed by atoms with Crippen LogP contribution in [-0.4, -0.2) is 53.1 Å². The number of rotatable bonds is 5. The molecule has 6 saturated carbocycles. The normalized spacial score (nSPS) is 45.0. The molecule has 1 saturated heterocycles. The van der Waals surface area contributed by atoms with Gasteiger partial charge in [0.2, 0.25) is 11.8 Å². The average Bonchev–Trinajstić information content (AvgIpc) is 3.21. The Morgan fingerprint density at radius 2 is 1.53 bits per heavy atom. The summed E-state index contributed by atoms with van der Waals surface area (Å²) in [6.07, 6.45) is 11.4. The predicted octanol–water partition coefficient (Wildman–Crippen LogP) is 3.36. The number of nitrogens with zero attached hydrogens (tertiary/aromatic N) is 2. The van der Waals surface area contributed by atoms with Crippen LogP contribution in [0, 0.1) is 22.2 Å². The van der Waals surface area contributed by atoms with Crippen LogP contribution < -0.4 is 10.6 Å². The minimum atomic E-state index is -1.10. The number of nitriles is 1. The molecule has 7 fully saturated rings. The molecule has 0 spiro atoms. The minimum absolute atomic E-state index is 0.0237. The zero-order valence-electron chi connectivity index (χ0n) is 19.4. The lowest BCUT2D eigenvalue weighted by molar-refractivity contribution is -0.143. The Morgan fingerprint density at radius 3 is 2.09 bits per heavy atom. The molecule has 7 heteroatoms. The zero-order valence-corrected chi connectivity index (χ0v) is 19.4. The number of carbonyl (C=O) groups excluding carboxylic acids is 2. The van der Waals surface area contributed by atoms with Gasteiger partial charge in [-0.15, -0.1) is 0 Å². The van der Waals surface area contributed by atoms with Gasteiger partial charge in [0.25, 0.3) is 0 Å². The topological polar surface area (TPSA) is 85.2 Å². The number of hydrogen-bond donors (Lipinski definition) is 2. The van der Waals surface area contributed by atoms with Crippen molar-refractivity contribution in [2.24, 2.45) is 10.8 Å². The van der Waals surface area contributed by atoms with Crippen molar-refractivity contribution in [2.75, 3.05) is 13.1 Å². The van der Waals surface area contributed by atoms with Crippen LogP contribution in [0.5, 0.6) is 0 Å². The number of nitrogens with one attached hydrogen (secondary N) is 2. The number of alkyl halides is 1. The van der Waals surface area contributed by atoms with Crippen LogP contribution >= 0.6 is 0 Å². The third-order valence-electron chi connectivity index (χ3n) is 10.1. The molecule has 7 aliphatic rings. The van der Waals surface area contributed by atoms with Gasteiger partial charge in [-0.3, -0.25) is 9.59 Å². The van der Waals surface area contributed by atoms with Crippen LogP contribution in [0.4, 0.5) is 4.39 Å². The second-order valence-corrected chi connectivity index (χ2v) is 12.0. The molecule has 1 aliphatic heterocycles. The zero-order chi connectivity index (χ0) is 22.6. The Hall–Kier alpha value is -1.68. The van der Waals surface area contributed by atoms with Crippen molar-refractivity contribution in [1.82, 2.24) is 15.5 Å². The molecule has 0 aromatic carbocycles. The Kier molecular flexibility index (Phi) is 5.31. The van der Waals surface area contributed by atoms with Crippen molar-refractivity contribution in [3.8, 4) is 6.07 Å². The number of amides is 2. The van der Waals surface area contributed by atoms with Crippen LogP contribution in [0.3, 0.4) is 0 Å². The third-order valence-corrected chi connectivity index (χ3v) is 10.1. The molecule has 0 radical (unpaired) electrons. The van der Waals surface area contributed by atoms with Crippen molar-refractivity contribution in [2.45, 2.75) is 114 Å². The van der Waals surface area contributed by atoms with Gasteiger partial charge in [0, 0.05) is 22.9 Å². The van der Waals surface area contributed by atoms with Gasteiger partial charge in [0.05, 0.1) is 19.2 Å². The lowest BCUT2D eigenvalue weighted by Gasteiger charge is -2.56. The first-order valence-corrected chi connectivity index (χ1v) is 12.6. The van der Waals surface area contributed by atoms with Gasteiger partial charge < -0.3 is 15.5 Å². The molecule has 1 heterocycles. The summed E-state index contributed by atoms with van der Waals surface area (Å²) in [6.45, 7) is 2.57. The smallest absolute Gasteiger partial charge is 0.237 e. The Balaban J connectivity index is 1.15. The molecule has 0 aromatic heterocycles. The van der Waals surface area contributed by atoms with E-state index in [0.29, 0.717) is 5.41 Å². The molecule has 0 aromatic rings. The first-order chi connectivity index (χ1) is 15.2. The molecule has 4 bridgehead atoms. The van der Waals surface area contributed by atoms with E-state index in [2.05, 4.69) is 23.6 Å². The summed E-state index contributed by atoms with van der Waals surface area (Å²) < 4.78 is 13.7. The first kappa shape index (κ1) is 22.1. The van der Waals surface area contributed by atoms with Gasteiger partial charge >= 0.3 is 0 Å². The molecule has 7 rings (SSSR count). The van der Waals surface area contributed by atoms with E-state index in [1.54, 1.807) is 0 Å². The highest BCUT2D eigenvalue weighted by Gasteiger charge is 2.55. The molecule has 2 amide bonds. The second-order valence-electron chi connectivity index (χ2n) is 12.0. The SMILES string of the molecule is CC12CCC(NC(=O)C34CCC(NCC(=O)N5C[C@@H](F)C[C@H]5C#N)(CC3)CC4)(CC1)CC2. The number of carbonyl (C=O) groups is 2. The third kappa shape index (κ3) is 3.73. The first-order valence-electron chi connectivity index (χ1n) is 12.6. The van der Waals surface area contributed by atoms with Crippen molar-refractivity contribution in [1.29, 1.82) is 5.26 Å². The maximum atomic E-state index is 13.7. The summed E-state index contributed by atoms with van der Waals surface area (Å²) in [7, 11) is 0. The van der Waals surface area contributed by atoms with Crippen LogP contribution in [0.15, 0.2) is 0 Å². The molecule has 32 heavy (non-hydrogen) atoms. The lowest BCUT2D eigenvalue weighted by Crippen LogP contribution is -2.63. The molecule has 6 nitrogen and oxygen atoms in total. The van der Waals surface area contributed by atoms with Crippen LogP contribution in [0.2, 0.25) is 0 Å². The van der Waals surface area contributed by atoms with Crippen LogP contribution in [0.25, 0.3) is 0 Å². The number of fused-ring (bicyclic) bond motifs is 6. The van der Waals surface area contributed by atoms with E-state index < -0.39 is 12.2 Å². The summed E-state index contributed by atoms with van der Waals surface area (Å²) >= 11 is 0. The summed E-state index contributed by atoms with van der Waals surface area (Å²) in [5.41, 5.74) is 0.172. The fourth-order valence-electron chi connectivity index (χ4n) is 7.27. The van der Waals surface area contributed by atoms with Gasteiger partial charge in [-0.25, -0.2) is 4.39 Å². The molecular formula is C25H37FN4O2. The van der Waals surface area contributed by atoms with E-state index in [4.69, 9.17) is 0 Å². The highest BCUT2D eigenvalue weighted by atomic mass is 19.1. The highest BCUT2D eigenvalue weighted by molar-refractivity contribution is 5.84. The predicted molar refractivity (Wildman–Crippen MR) is 118 cm³/mol. The number of likely N-dealkylation sites (tertiary alicyclic amines) is 1. The highest BCUT2D eigenvalue weighted by Crippen LogP contribution is 2.55. The monoisotopic (exact) mass is 444 g/mol. The fourth-order valence-corrected chi connectivity index (χ4v) is 7.27. The minimum Gasteiger partial charge on any atom is -0.350 e. The van der Waals surface area contributed by atoms with Gasteiger partial charge in [-0.2, -0.15) is 5.26 Å². The van der Waals surface area contributed by atoms with Crippen molar-refractivity contribution < 1.29 is 14.0 Å². The maximum absolute atomic E-state index is 13.7. The molecule has 176 valence electrons. The largest absolute Gasteiger partial charge is 0.350 e. The average molecular weight is 445 g/mol.